The highest BCUT2D eigenvalue weighted by atomic mass is 35.5. The quantitative estimate of drug-likeness (QED) is 0.206. The highest BCUT2D eigenvalue weighted by Crippen LogP contribution is 2.32. The number of hydrogen-bond acceptors (Lipinski definition) is 7. The van der Waals surface area contributed by atoms with Gasteiger partial charge >= 0.3 is 12.1 Å². The monoisotopic (exact) mass is 585 g/mol. The third-order valence-electron chi connectivity index (χ3n) is 6.89. The lowest BCUT2D eigenvalue weighted by atomic mass is 9.91. The maximum Gasteiger partial charge on any atom is 0.471 e. The van der Waals surface area contributed by atoms with Gasteiger partial charge in [-0.05, 0) is 68.5 Å². The fraction of sp³-hybridized carbons (Fsp3) is 0.286. The van der Waals surface area contributed by atoms with E-state index in [4.69, 9.17) is 16.6 Å². The minimum absolute atomic E-state index is 0.0731. The number of para-hydroxylation sites is 2. The van der Waals surface area contributed by atoms with Crippen LogP contribution >= 0.6 is 11.6 Å². The van der Waals surface area contributed by atoms with E-state index < -0.39 is 18.1 Å². The second kappa shape index (κ2) is 11.7. The summed E-state index contributed by atoms with van der Waals surface area (Å²) in [4.78, 5) is 20.6. The molecule has 13 heteroatoms. The average Bonchev–Trinajstić information content (AvgIpc) is 3.41. The van der Waals surface area contributed by atoms with E-state index in [9.17, 15) is 23.1 Å². The molecule has 1 aliphatic rings. The van der Waals surface area contributed by atoms with Crippen LogP contribution in [0.25, 0.3) is 16.8 Å². The van der Waals surface area contributed by atoms with E-state index in [2.05, 4.69) is 26.0 Å². The molecule has 4 N–H and O–H groups in total. The number of nitrogens with one attached hydrogen (secondary N) is 3. The molecule has 0 atom stereocenters. The molecule has 1 aliphatic carbocycles. The van der Waals surface area contributed by atoms with Gasteiger partial charge < -0.3 is 21.1 Å². The summed E-state index contributed by atoms with van der Waals surface area (Å²) in [6.07, 6.45) is 1.97. The molecule has 0 saturated heterocycles. The number of aromatic nitrogens is 4. The summed E-state index contributed by atoms with van der Waals surface area (Å²) in [7, 11) is 0. The first-order valence-electron chi connectivity index (χ1n) is 12.9. The summed E-state index contributed by atoms with van der Waals surface area (Å²) in [6.45, 7) is 1.89. The number of carbonyl (C=O) groups excluding carboxylic acids is 1. The molecule has 0 aliphatic heterocycles. The number of amides is 1. The fourth-order valence-corrected chi connectivity index (χ4v) is 4.83. The van der Waals surface area contributed by atoms with E-state index in [1.165, 1.54) is 0 Å². The van der Waals surface area contributed by atoms with Crippen LogP contribution in [0.1, 0.15) is 31.2 Å². The molecular weight excluding hydrogens is 559 g/mol. The lowest BCUT2D eigenvalue weighted by Gasteiger charge is -2.30. The number of aromatic hydroxyl groups is 1. The van der Waals surface area contributed by atoms with E-state index in [1.807, 2.05) is 19.1 Å². The normalized spacial score (nSPS) is 17.2. The Bertz CT molecular complexity index is 1550. The first kappa shape index (κ1) is 28.2. The first-order chi connectivity index (χ1) is 19.6. The van der Waals surface area contributed by atoms with Crippen molar-refractivity contribution >= 4 is 35.0 Å². The molecule has 9 nitrogen and oxygen atoms in total. The smallest absolute Gasteiger partial charge is 0.471 e. The van der Waals surface area contributed by atoms with Gasteiger partial charge in [0.05, 0.1) is 6.20 Å². The van der Waals surface area contributed by atoms with Gasteiger partial charge in [0.15, 0.2) is 0 Å². The molecule has 0 unspecified atom stereocenters. The number of carbonyl (C=O) groups is 1. The number of halogens is 4. The SMILES string of the molecule is Cc1cc(Nc2ncc(-c3cnn(-c4ccccc4O)c3)c(N[C@H]3CC[C@@H](NC(=O)C(F)(F)F)CC3)n2)ccc1Cl. The van der Waals surface area contributed by atoms with Gasteiger partial charge in [-0.15, -0.1) is 0 Å². The van der Waals surface area contributed by atoms with E-state index in [0.29, 0.717) is 59.3 Å². The van der Waals surface area contributed by atoms with Crippen molar-refractivity contribution in [3.8, 4) is 22.6 Å². The van der Waals surface area contributed by atoms with Crippen LogP contribution in [-0.2, 0) is 4.79 Å². The van der Waals surface area contributed by atoms with Crippen LogP contribution in [0.15, 0.2) is 61.1 Å². The first-order valence-corrected chi connectivity index (χ1v) is 13.3. The Labute approximate surface area is 238 Å². The molecule has 0 spiro atoms. The topological polar surface area (TPSA) is 117 Å². The number of rotatable bonds is 7. The molecule has 1 saturated carbocycles. The Hall–Kier alpha value is -4.32. The molecule has 41 heavy (non-hydrogen) atoms. The van der Waals surface area contributed by atoms with Gasteiger partial charge in [0.2, 0.25) is 5.95 Å². The zero-order valence-electron chi connectivity index (χ0n) is 21.9. The van der Waals surface area contributed by atoms with Gasteiger partial charge in [0.1, 0.15) is 17.3 Å². The van der Waals surface area contributed by atoms with Crippen molar-refractivity contribution < 1.29 is 23.1 Å². The standard InChI is InChI=1S/C28H27ClF3N7O2/c1-16-12-20(10-11-22(16)29)37-27-33-14-21(17-13-34-39(15-17)23-4-2-3-5-24(23)40)25(38-27)35-18-6-8-19(9-7-18)36-26(41)28(30,31)32/h2-5,10-15,18-19,40H,6-9H2,1H3,(H,36,41)(H2,33,35,37,38)/t18-,19+. The van der Waals surface area contributed by atoms with Crippen LogP contribution in [-0.4, -0.2) is 49.0 Å². The number of nitrogens with zero attached hydrogens (tertiary/aromatic N) is 4. The van der Waals surface area contributed by atoms with Crippen molar-refractivity contribution in [2.45, 2.75) is 50.9 Å². The van der Waals surface area contributed by atoms with Gasteiger partial charge in [-0.25, -0.2) is 9.67 Å². The summed E-state index contributed by atoms with van der Waals surface area (Å²) in [5, 5.41) is 24.0. The van der Waals surface area contributed by atoms with Gasteiger partial charge in [0.25, 0.3) is 0 Å². The zero-order valence-corrected chi connectivity index (χ0v) is 22.7. The van der Waals surface area contributed by atoms with Crippen LogP contribution in [0.3, 0.4) is 0 Å². The van der Waals surface area contributed by atoms with Crippen LogP contribution < -0.4 is 16.0 Å². The number of phenolic OH excluding ortho intramolecular Hbond substituents is 1. The van der Waals surface area contributed by atoms with Crippen molar-refractivity contribution in [2.24, 2.45) is 0 Å². The molecule has 2 heterocycles. The van der Waals surface area contributed by atoms with Gasteiger partial charge in [-0.3, -0.25) is 4.79 Å². The summed E-state index contributed by atoms with van der Waals surface area (Å²) >= 11 is 6.15. The van der Waals surface area contributed by atoms with E-state index in [1.54, 1.807) is 53.6 Å². The van der Waals surface area contributed by atoms with Gasteiger partial charge in [-0.2, -0.15) is 23.3 Å². The molecule has 0 radical (unpaired) electrons. The Morgan fingerprint density at radius 3 is 2.51 bits per heavy atom. The van der Waals surface area contributed by atoms with Crippen LogP contribution in [0.2, 0.25) is 5.02 Å². The number of phenols is 1. The summed E-state index contributed by atoms with van der Waals surface area (Å²) < 4.78 is 39.6. The van der Waals surface area contributed by atoms with Gasteiger partial charge in [0, 0.05) is 46.3 Å². The second-order valence-corrected chi connectivity index (χ2v) is 10.3. The van der Waals surface area contributed by atoms with E-state index in [0.717, 1.165) is 11.3 Å². The zero-order chi connectivity index (χ0) is 29.1. The van der Waals surface area contributed by atoms with Crippen molar-refractivity contribution in [3.63, 3.8) is 0 Å². The second-order valence-electron chi connectivity index (χ2n) is 9.87. The van der Waals surface area contributed by atoms with Crippen molar-refractivity contribution in [1.29, 1.82) is 0 Å². The number of alkyl halides is 3. The minimum Gasteiger partial charge on any atom is -0.506 e. The fourth-order valence-electron chi connectivity index (χ4n) is 4.71. The molecule has 2 aromatic heterocycles. The number of benzene rings is 2. The van der Waals surface area contributed by atoms with Crippen LogP contribution in [0, 0.1) is 6.92 Å². The van der Waals surface area contributed by atoms with Gasteiger partial charge in [-0.1, -0.05) is 23.7 Å². The Kier molecular flexibility index (Phi) is 8.02. The number of hydrogen-bond donors (Lipinski definition) is 4. The van der Waals surface area contributed by atoms with Crippen molar-refractivity contribution in [2.75, 3.05) is 10.6 Å². The molecule has 1 fully saturated rings. The van der Waals surface area contributed by atoms with Crippen LogP contribution in [0.5, 0.6) is 5.75 Å². The summed E-state index contributed by atoms with van der Waals surface area (Å²) in [6, 6.07) is 11.6. The summed E-state index contributed by atoms with van der Waals surface area (Å²) in [5.41, 5.74) is 3.48. The number of aryl methyl sites for hydroxylation is 1. The number of anilines is 3. The Morgan fingerprint density at radius 2 is 1.80 bits per heavy atom. The lowest BCUT2D eigenvalue weighted by molar-refractivity contribution is -0.174. The molecular formula is C28H27ClF3N7O2. The molecule has 1 amide bonds. The average molecular weight is 586 g/mol. The third-order valence-corrected chi connectivity index (χ3v) is 7.31. The van der Waals surface area contributed by atoms with Crippen molar-refractivity contribution in [3.05, 3.63) is 71.6 Å². The highest BCUT2D eigenvalue weighted by molar-refractivity contribution is 6.31. The minimum atomic E-state index is -4.90. The third kappa shape index (κ3) is 6.71. The molecule has 5 rings (SSSR count). The largest absolute Gasteiger partial charge is 0.506 e. The maximum absolute atomic E-state index is 12.7. The summed E-state index contributed by atoms with van der Waals surface area (Å²) in [5.74, 6) is -1.00. The Balaban J connectivity index is 1.39. The Morgan fingerprint density at radius 1 is 1.07 bits per heavy atom. The predicted octanol–water partition coefficient (Wildman–Crippen LogP) is 6.14. The molecule has 2 aromatic carbocycles. The van der Waals surface area contributed by atoms with E-state index >= 15 is 0 Å². The molecule has 0 bridgehead atoms. The lowest BCUT2D eigenvalue weighted by Crippen LogP contribution is -2.45. The molecule has 214 valence electrons. The van der Waals surface area contributed by atoms with Crippen molar-refractivity contribution in [1.82, 2.24) is 25.1 Å². The maximum atomic E-state index is 12.7. The predicted molar refractivity (Wildman–Crippen MR) is 150 cm³/mol. The van der Waals surface area contributed by atoms with Crippen LogP contribution in [0.4, 0.5) is 30.6 Å². The van der Waals surface area contributed by atoms with E-state index in [-0.39, 0.29) is 11.8 Å². The molecule has 4 aromatic rings. The highest BCUT2D eigenvalue weighted by Gasteiger charge is 2.40.